The van der Waals surface area contributed by atoms with Crippen LogP contribution in [0.15, 0.2) is 15.5 Å². The van der Waals surface area contributed by atoms with E-state index in [1.165, 1.54) is 13.3 Å². The molecule has 1 aliphatic heterocycles. The van der Waals surface area contributed by atoms with Crippen LogP contribution in [0.4, 0.5) is 0 Å². The van der Waals surface area contributed by atoms with E-state index >= 15 is 0 Å². The van der Waals surface area contributed by atoms with E-state index in [4.69, 9.17) is 4.74 Å². The van der Waals surface area contributed by atoms with E-state index < -0.39 is 11.5 Å². The van der Waals surface area contributed by atoms with Crippen LogP contribution in [0.25, 0.3) is 0 Å². The van der Waals surface area contributed by atoms with Crippen molar-refractivity contribution in [1.29, 1.82) is 0 Å². The summed E-state index contributed by atoms with van der Waals surface area (Å²) >= 11 is 3.13. The Morgan fingerprint density at radius 3 is 2.67 bits per heavy atom. The first-order valence-corrected chi connectivity index (χ1v) is 6.29. The molecule has 0 bridgehead atoms. The maximum atomic E-state index is 12.4. The predicted octanol–water partition coefficient (Wildman–Crippen LogP) is 1.20. The third kappa shape index (κ3) is 1.71. The number of ether oxygens (including phenoxy) is 1. The molecular formula is C12H14BrNO4. The van der Waals surface area contributed by atoms with Gasteiger partial charge in [0.2, 0.25) is 5.43 Å². The number of aliphatic hydroxyl groups excluding tert-OH is 1. The normalized spacial score (nSPS) is 21.6. The average Bonchev–Trinajstić information content (AvgIpc) is 2.30. The van der Waals surface area contributed by atoms with Crippen molar-refractivity contribution in [3.8, 4) is 5.75 Å². The molecule has 0 fully saturated rings. The SMILES string of the molecule is COc1c2n(cc(Br)c1=O)C[C@@H](O)C(C)(C)C2=O. The van der Waals surface area contributed by atoms with Gasteiger partial charge in [-0.1, -0.05) is 0 Å². The van der Waals surface area contributed by atoms with Crippen molar-refractivity contribution in [2.24, 2.45) is 5.41 Å². The minimum Gasteiger partial charge on any atom is -0.491 e. The van der Waals surface area contributed by atoms with Gasteiger partial charge in [-0.25, -0.2) is 0 Å². The van der Waals surface area contributed by atoms with Crippen LogP contribution in [-0.2, 0) is 6.54 Å². The largest absolute Gasteiger partial charge is 0.491 e. The molecule has 0 saturated carbocycles. The molecule has 1 N–H and O–H groups in total. The number of hydrogen-bond donors (Lipinski definition) is 1. The first kappa shape index (κ1) is 13.3. The van der Waals surface area contributed by atoms with Gasteiger partial charge in [-0.2, -0.15) is 0 Å². The van der Waals surface area contributed by atoms with E-state index in [0.717, 1.165) is 0 Å². The molecule has 1 aromatic heterocycles. The highest BCUT2D eigenvalue weighted by molar-refractivity contribution is 9.10. The first-order valence-electron chi connectivity index (χ1n) is 5.50. The number of hydrogen-bond acceptors (Lipinski definition) is 4. The Hall–Kier alpha value is -1.14. The van der Waals surface area contributed by atoms with Crippen LogP contribution in [0.3, 0.4) is 0 Å². The zero-order valence-electron chi connectivity index (χ0n) is 10.4. The third-order valence-corrected chi connectivity index (χ3v) is 3.97. The fraction of sp³-hybridized carbons (Fsp3) is 0.500. The molecule has 18 heavy (non-hydrogen) atoms. The van der Waals surface area contributed by atoms with E-state index in [1.807, 2.05) is 0 Å². The van der Waals surface area contributed by atoms with Gasteiger partial charge in [0, 0.05) is 12.7 Å². The number of aliphatic hydroxyl groups is 1. The fourth-order valence-corrected chi connectivity index (χ4v) is 2.47. The zero-order chi connectivity index (χ0) is 13.7. The molecule has 5 nitrogen and oxygen atoms in total. The topological polar surface area (TPSA) is 68.5 Å². The number of carbonyl (C=O) groups excluding carboxylic acids is 1. The van der Waals surface area contributed by atoms with Crippen LogP contribution >= 0.6 is 15.9 Å². The van der Waals surface area contributed by atoms with Crippen molar-refractivity contribution in [2.45, 2.75) is 26.5 Å². The minimum atomic E-state index is -0.923. The van der Waals surface area contributed by atoms with E-state index in [9.17, 15) is 14.7 Å². The maximum absolute atomic E-state index is 12.4. The van der Waals surface area contributed by atoms with Gasteiger partial charge in [0.05, 0.1) is 23.1 Å². The summed E-state index contributed by atoms with van der Waals surface area (Å²) in [6.45, 7) is 3.58. The summed E-state index contributed by atoms with van der Waals surface area (Å²) in [6.07, 6.45) is 0.716. The smallest absolute Gasteiger partial charge is 0.238 e. The Labute approximate surface area is 113 Å². The summed E-state index contributed by atoms with van der Waals surface area (Å²) in [5.74, 6) is -0.267. The van der Waals surface area contributed by atoms with Crippen LogP contribution < -0.4 is 10.2 Å². The Morgan fingerprint density at radius 1 is 1.50 bits per heavy atom. The van der Waals surface area contributed by atoms with Crippen LogP contribution in [0.2, 0.25) is 0 Å². The van der Waals surface area contributed by atoms with Gasteiger partial charge in [0.15, 0.2) is 11.5 Å². The molecule has 0 unspecified atom stereocenters. The van der Waals surface area contributed by atoms with Crippen molar-refractivity contribution >= 4 is 21.7 Å². The summed E-state index contributed by atoms with van der Waals surface area (Å²) < 4.78 is 6.92. The van der Waals surface area contributed by atoms with Gasteiger partial charge < -0.3 is 14.4 Å². The monoisotopic (exact) mass is 315 g/mol. The second-order valence-electron chi connectivity index (χ2n) is 4.91. The molecule has 1 aliphatic rings. The van der Waals surface area contributed by atoms with Crippen LogP contribution in [-0.4, -0.2) is 28.7 Å². The van der Waals surface area contributed by atoms with Gasteiger partial charge >= 0.3 is 0 Å². The molecule has 0 saturated heterocycles. The summed E-state index contributed by atoms with van der Waals surface area (Å²) in [5, 5.41) is 10.0. The van der Waals surface area contributed by atoms with E-state index in [-0.39, 0.29) is 29.2 Å². The van der Waals surface area contributed by atoms with Crippen molar-refractivity contribution in [1.82, 2.24) is 4.57 Å². The van der Waals surface area contributed by atoms with E-state index in [2.05, 4.69) is 15.9 Å². The summed E-state index contributed by atoms with van der Waals surface area (Å²) in [5.41, 5.74) is -1.06. The minimum absolute atomic E-state index is 0.0225. The summed E-state index contributed by atoms with van der Waals surface area (Å²) in [7, 11) is 1.36. The number of halogens is 1. The highest BCUT2D eigenvalue weighted by Crippen LogP contribution is 2.35. The lowest BCUT2D eigenvalue weighted by atomic mass is 9.77. The number of pyridine rings is 1. The number of Topliss-reactive ketones (excluding diaryl/α,β-unsaturated/α-hetero) is 1. The van der Waals surface area contributed by atoms with Crippen molar-refractivity contribution < 1.29 is 14.6 Å². The van der Waals surface area contributed by atoms with Crippen LogP contribution in [0, 0.1) is 5.41 Å². The number of nitrogens with zero attached hydrogens (tertiary/aromatic N) is 1. The molecule has 2 rings (SSSR count). The molecule has 0 aliphatic carbocycles. The Morgan fingerprint density at radius 2 is 2.11 bits per heavy atom. The second-order valence-corrected chi connectivity index (χ2v) is 5.76. The van der Waals surface area contributed by atoms with Gasteiger partial charge in [0.1, 0.15) is 5.69 Å². The lowest BCUT2D eigenvalue weighted by Crippen LogP contribution is -2.46. The highest BCUT2D eigenvalue weighted by Gasteiger charge is 2.43. The third-order valence-electron chi connectivity index (χ3n) is 3.40. The Bertz CT molecular complexity index is 576. The van der Waals surface area contributed by atoms with Crippen molar-refractivity contribution in [2.75, 3.05) is 7.11 Å². The zero-order valence-corrected chi connectivity index (χ0v) is 11.9. The summed E-state index contributed by atoms with van der Waals surface area (Å²) in [4.78, 5) is 24.3. The molecule has 0 radical (unpaired) electrons. The molecule has 98 valence electrons. The number of carbonyl (C=O) groups is 1. The number of fused-ring (bicyclic) bond motifs is 1. The molecule has 1 atom stereocenters. The second kappa shape index (κ2) is 4.20. The molecule has 0 aromatic carbocycles. The van der Waals surface area contributed by atoms with Gasteiger partial charge in [-0.3, -0.25) is 9.59 Å². The van der Waals surface area contributed by atoms with Crippen LogP contribution in [0.5, 0.6) is 5.75 Å². The van der Waals surface area contributed by atoms with Gasteiger partial charge in [0.25, 0.3) is 0 Å². The van der Waals surface area contributed by atoms with Gasteiger partial charge in [-0.05, 0) is 29.8 Å². The number of methoxy groups -OCH3 is 1. The predicted molar refractivity (Wildman–Crippen MR) is 69.1 cm³/mol. The number of ketones is 1. The van der Waals surface area contributed by atoms with E-state index in [1.54, 1.807) is 18.4 Å². The standard InChI is InChI=1S/C12H14BrNO4/c1-12(2)7(15)5-14-4-6(13)9(16)10(18-3)8(14)11(12)17/h4,7,15H,5H2,1-3H3/t7-/m1/s1. The fourth-order valence-electron chi connectivity index (χ4n) is 2.04. The maximum Gasteiger partial charge on any atom is 0.238 e. The number of aromatic nitrogens is 1. The van der Waals surface area contributed by atoms with Gasteiger partial charge in [-0.15, -0.1) is 0 Å². The molecule has 0 amide bonds. The summed E-state index contributed by atoms with van der Waals surface area (Å²) in [6, 6.07) is 0. The lowest BCUT2D eigenvalue weighted by Gasteiger charge is -2.36. The molecule has 2 heterocycles. The number of rotatable bonds is 1. The molecule has 1 aromatic rings. The van der Waals surface area contributed by atoms with Crippen molar-refractivity contribution in [3.63, 3.8) is 0 Å². The molecular weight excluding hydrogens is 302 g/mol. The molecule has 0 spiro atoms. The average molecular weight is 316 g/mol. The molecule has 6 heteroatoms. The Balaban J connectivity index is 2.77. The highest BCUT2D eigenvalue weighted by atomic mass is 79.9. The Kier molecular flexibility index (Phi) is 3.11. The first-order chi connectivity index (χ1) is 8.30. The van der Waals surface area contributed by atoms with E-state index in [0.29, 0.717) is 4.47 Å². The lowest BCUT2D eigenvalue weighted by molar-refractivity contribution is 0.0206. The van der Waals surface area contributed by atoms with Crippen molar-refractivity contribution in [3.05, 3.63) is 26.6 Å². The quantitative estimate of drug-likeness (QED) is 0.845. The van der Waals surface area contributed by atoms with Crippen LogP contribution in [0.1, 0.15) is 24.3 Å².